The minimum absolute atomic E-state index is 0.102. The van der Waals surface area contributed by atoms with Crippen molar-refractivity contribution in [2.24, 2.45) is 0 Å². The van der Waals surface area contributed by atoms with E-state index in [2.05, 4.69) is 9.24 Å². The molecule has 54 valence electrons. The van der Waals surface area contributed by atoms with Crippen LogP contribution in [0.1, 0.15) is 12.5 Å². The fourth-order valence-corrected chi connectivity index (χ4v) is 1.09. The summed E-state index contributed by atoms with van der Waals surface area (Å²) in [4.78, 5) is 0. The van der Waals surface area contributed by atoms with Gasteiger partial charge in [-0.15, -0.1) is 9.24 Å². The van der Waals surface area contributed by atoms with Gasteiger partial charge in [0, 0.05) is 0 Å². The molecule has 10 heavy (non-hydrogen) atoms. The van der Waals surface area contributed by atoms with E-state index in [9.17, 15) is 4.39 Å². The van der Waals surface area contributed by atoms with Gasteiger partial charge in [0.15, 0.2) is 0 Å². The van der Waals surface area contributed by atoms with Crippen LogP contribution in [-0.2, 0) is 6.42 Å². The van der Waals surface area contributed by atoms with Crippen LogP contribution < -0.4 is 5.30 Å². The molecule has 0 amide bonds. The highest BCUT2D eigenvalue weighted by molar-refractivity contribution is 7.27. The Balaban J connectivity index is 3.07. The molecule has 0 spiro atoms. The van der Waals surface area contributed by atoms with Crippen LogP contribution in [0.15, 0.2) is 18.2 Å². The third-order valence-electron chi connectivity index (χ3n) is 1.46. The molecule has 0 fully saturated rings. The number of halogens is 1. The van der Waals surface area contributed by atoms with Crippen molar-refractivity contribution in [2.75, 3.05) is 0 Å². The first-order chi connectivity index (χ1) is 4.74. The summed E-state index contributed by atoms with van der Waals surface area (Å²) < 4.78 is 12.8. The van der Waals surface area contributed by atoms with E-state index in [1.54, 1.807) is 0 Å². The molecule has 0 N–H and O–H groups in total. The Labute approximate surface area is 62.7 Å². The Morgan fingerprint density at radius 1 is 1.50 bits per heavy atom. The molecule has 0 saturated heterocycles. The van der Waals surface area contributed by atoms with Gasteiger partial charge < -0.3 is 0 Å². The number of rotatable bonds is 1. The highest BCUT2D eigenvalue weighted by Crippen LogP contribution is 2.06. The summed E-state index contributed by atoms with van der Waals surface area (Å²) in [5.41, 5.74) is 0.784. The van der Waals surface area contributed by atoms with E-state index in [1.165, 1.54) is 6.07 Å². The monoisotopic (exact) mass is 156 g/mol. The predicted octanol–water partition coefficient (Wildman–Crippen LogP) is 1.89. The lowest BCUT2D eigenvalue weighted by Gasteiger charge is -1.98. The molecular formula is C8H10FP. The minimum Gasteiger partial charge on any atom is -0.207 e. The van der Waals surface area contributed by atoms with Gasteiger partial charge in [-0.05, 0) is 23.4 Å². The number of hydrogen-bond acceptors (Lipinski definition) is 0. The van der Waals surface area contributed by atoms with Crippen LogP contribution in [0.4, 0.5) is 4.39 Å². The van der Waals surface area contributed by atoms with Gasteiger partial charge in [0.1, 0.15) is 5.82 Å². The summed E-state index contributed by atoms with van der Waals surface area (Å²) in [5, 5.41) is 0.898. The fourth-order valence-electron chi connectivity index (χ4n) is 0.850. The Morgan fingerprint density at radius 2 is 2.20 bits per heavy atom. The number of benzene rings is 1. The van der Waals surface area contributed by atoms with Crippen molar-refractivity contribution < 1.29 is 4.39 Å². The van der Waals surface area contributed by atoms with E-state index in [-0.39, 0.29) is 5.82 Å². The smallest absolute Gasteiger partial charge is 0.127 e. The molecule has 1 unspecified atom stereocenters. The van der Waals surface area contributed by atoms with E-state index < -0.39 is 0 Å². The van der Waals surface area contributed by atoms with Crippen LogP contribution in [0.3, 0.4) is 0 Å². The molecule has 0 aliphatic carbocycles. The average molecular weight is 156 g/mol. The standard InChI is InChI=1S/C8H10FP/c1-2-6-3-4-7(10)5-8(6)9/h3-5H,2,10H2,1H3. The Kier molecular flexibility index (Phi) is 2.39. The van der Waals surface area contributed by atoms with Gasteiger partial charge in [-0.1, -0.05) is 19.1 Å². The molecule has 2 heteroatoms. The van der Waals surface area contributed by atoms with E-state index in [4.69, 9.17) is 0 Å². The van der Waals surface area contributed by atoms with Crippen LogP contribution in [0.2, 0.25) is 0 Å². The first kappa shape index (κ1) is 7.68. The minimum atomic E-state index is -0.102. The molecule has 1 atom stereocenters. The van der Waals surface area contributed by atoms with E-state index in [0.29, 0.717) is 0 Å². The van der Waals surface area contributed by atoms with E-state index >= 15 is 0 Å². The van der Waals surface area contributed by atoms with Gasteiger partial charge >= 0.3 is 0 Å². The maximum Gasteiger partial charge on any atom is 0.127 e. The van der Waals surface area contributed by atoms with Gasteiger partial charge in [0.05, 0.1) is 0 Å². The molecule has 0 nitrogen and oxygen atoms in total. The summed E-state index contributed by atoms with van der Waals surface area (Å²) in [6.45, 7) is 1.95. The molecule has 0 radical (unpaired) electrons. The van der Waals surface area contributed by atoms with Crippen molar-refractivity contribution in [3.63, 3.8) is 0 Å². The van der Waals surface area contributed by atoms with Gasteiger partial charge in [-0.2, -0.15) is 0 Å². The predicted molar refractivity (Wildman–Crippen MR) is 45.1 cm³/mol. The second-order valence-corrected chi connectivity index (χ2v) is 2.87. The lowest BCUT2D eigenvalue weighted by molar-refractivity contribution is 0.613. The molecule has 1 rings (SSSR count). The maximum absolute atomic E-state index is 12.8. The Bertz CT molecular complexity index is 233. The Morgan fingerprint density at radius 3 is 2.70 bits per heavy atom. The molecule has 0 aromatic heterocycles. The van der Waals surface area contributed by atoms with Gasteiger partial charge in [-0.3, -0.25) is 0 Å². The molecule has 0 aliphatic heterocycles. The molecule has 0 aliphatic rings. The molecule has 1 aromatic carbocycles. The van der Waals surface area contributed by atoms with Crippen molar-refractivity contribution in [3.8, 4) is 0 Å². The maximum atomic E-state index is 12.8. The first-order valence-corrected chi connectivity index (χ1v) is 3.85. The van der Waals surface area contributed by atoms with E-state index in [1.807, 2.05) is 19.1 Å². The fraction of sp³-hybridized carbons (Fsp3) is 0.250. The van der Waals surface area contributed by atoms with E-state index in [0.717, 1.165) is 17.3 Å². The van der Waals surface area contributed by atoms with Crippen molar-refractivity contribution in [1.82, 2.24) is 0 Å². The third kappa shape index (κ3) is 1.54. The van der Waals surface area contributed by atoms with Gasteiger partial charge in [0.2, 0.25) is 0 Å². The SMILES string of the molecule is CCc1ccc(P)cc1F. The van der Waals surface area contributed by atoms with Crippen molar-refractivity contribution in [1.29, 1.82) is 0 Å². The lowest BCUT2D eigenvalue weighted by atomic mass is 10.2. The van der Waals surface area contributed by atoms with Crippen molar-refractivity contribution in [2.45, 2.75) is 13.3 Å². The number of aryl methyl sites for hydroxylation is 1. The summed E-state index contributed by atoms with van der Waals surface area (Å²) in [5.74, 6) is -0.102. The quantitative estimate of drug-likeness (QED) is 0.544. The molecule has 0 saturated carbocycles. The van der Waals surface area contributed by atoms with Crippen molar-refractivity contribution >= 4 is 14.5 Å². The zero-order valence-corrected chi connectivity index (χ0v) is 7.05. The van der Waals surface area contributed by atoms with Crippen LogP contribution >= 0.6 is 9.24 Å². The highest BCUT2D eigenvalue weighted by Gasteiger charge is 1.97. The summed E-state index contributed by atoms with van der Waals surface area (Å²) in [6.07, 6.45) is 0.761. The summed E-state index contributed by atoms with van der Waals surface area (Å²) >= 11 is 0. The molecule has 1 aromatic rings. The summed E-state index contributed by atoms with van der Waals surface area (Å²) in [6, 6.07) is 5.24. The largest absolute Gasteiger partial charge is 0.207 e. The normalized spacial score (nSPS) is 9.90. The van der Waals surface area contributed by atoms with Crippen molar-refractivity contribution in [3.05, 3.63) is 29.6 Å². The van der Waals surface area contributed by atoms with Crippen LogP contribution in [0.25, 0.3) is 0 Å². The molecule has 0 heterocycles. The summed E-state index contributed by atoms with van der Waals surface area (Å²) in [7, 11) is 2.47. The lowest BCUT2D eigenvalue weighted by Crippen LogP contribution is -1.95. The highest BCUT2D eigenvalue weighted by atomic mass is 31.0. The molecule has 0 bridgehead atoms. The second-order valence-electron chi connectivity index (χ2n) is 2.20. The van der Waals surface area contributed by atoms with Crippen LogP contribution in [-0.4, -0.2) is 0 Å². The average Bonchev–Trinajstić information content (AvgIpc) is 1.88. The topological polar surface area (TPSA) is 0 Å². The zero-order valence-electron chi connectivity index (χ0n) is 5.89. The second kappa shape index (κ2) is 3.12. The third-order valence-corrected chi connectivity index (χ3v) is 1.82. The van der Waals surface area contributed by atoms with Crippen LogP contribution in [0.5, 0.6) is 0 Å². The van der Waals surface area contributed by atoms with Gasteiger partial charge in [0.25, 0.3) is 0 Å². The Hall–Kier alpha value is -0.420. The van der Waals surface area contributed by atoms with Gasteiger partial charge in [-0.25, -0.2) is 4.39 Å². The molecular weight excluding hydrogens is 146 g/mol. The number of hydrogen-bond donors (Lipinski definition) is 0. The van der Waals surface area contributed by atoms with Crippen LogP contribution in [0, 0.1) is 5.82 Å². The zero-order chi connectivity index (χ0) is 7.56. The first-order valence-electron chi connectivity index (χ1n) is 3.28.